The van der Waals surface area contributed by atoms with Crippen molar-refractivity contribution < 1.29 is 9.47 Å². The molecular formula is C18H31N3O2. The van der Waals surface area contributed by atoms with E-state index >= 15 is 0 Å². The van der Waals surface area contributed by atoms with Crippen LogP contribution in [-0.4, -0.2) is 39.8 Å². The number of hydrogen-bond acceptors (Lipinski definition) is 3. The summed E-state index contributed by atoms with van der Waals surface area (Å²) in [6.07, 6.45) is 2.38. The Labute approximate surface area is 140 Å². The Bertz CT molecular complexity index is 461. The summed E-state index contributed by atoms with van der Waals surface area (Å²) in [6.45, 7) is 7.31. The van der Waals surface area contributed by atoms with Gasteiger partial charge >= 0.3 is 0 Å². The van der Waals surface area contributed by atoms with E-state index in [0.717, 1.165) is 42.7 Å². The molecule has 0 radical (unpaired) electrons. The van der Waals surface area contributed by atoms with Crippen molar-refractivity contribution in [3.8, 4) is 5.75 Å². The van der Waals surface area contributed by atoms with Gasteiger partial charge in [-0.15, -0.1) is 0 Å². The lowest BCUT2D eigenvalue weighted by atomic mass is 10.1. The first-order valence-corrected chi connectivity index (χ1v) is 8.31. The fraction of sp³-hybridized carbons (Fsp3) is 0.611. The van der Waals surface area contributed by atoms with Crippen LogP contribution in [0.4, 0.5) is 0 Å². The molecule has 130 valence electrons. The van der Waals surface area contributed by atoms with E-state index in [0.29, 0.717) is 13.2 Å². The Morgan fingerprint density at radius 3 is 2.61 bits per heavy atom. The molecule has 0 bridgehead atoms. The molecule has 0 aliphatic heterocycles. The first-order valence-electron chi connectivity index (χ1n) is 8.31. The third-order valence-electron chi connectivity index (χ3n) is 3.46. The molecule has 1 rings (SSSR count). The van der Waals surface area contributed by atoms with Crippen molar-refractivity contribution in [2.24, 2.45) is 10.9 Å². The summed E-state index contributed by atoms with van der Waals surface area (Å²) in [5.74, 6) is 2.44. The van der Waals surface area contributed by atoms with Crippen molar-refractivity contribution in [2.75, 3.05) is 33.9 Å². The maximum Gasteiger partial charge on any atom is 0.191 e. The molecule has 0 unspecified atom stereocenters. The predicted molar refractivity (Wildman–Crippen MR) is 96.1 cm³/mol. The topological polar surface area (TPSA) is 54.9 Å². The Morgan fingerprint density at radius 2 is 1.91 bits per heavy atom. The van der Waals surface area contributed by atoms with E-state index in [-0.39, 0.29) is 0 Å². The SMILES string of the molecule is CN=C(NCCCC(C)C)NCCOCc1ccccc1OC. The number of para-hydroxylation sites is 1. The quantitative estimate of drug-likeness (QED) is 0.395. The van der Waals surface area contributed by atoms with Crippen molar-refractivity contribution in [2.45, 2.75) is 33.3 Å². The van der Waals surface area contributed by atoms with E-state index in [4.69, 9.17) is 9.47 Å². The van der Waals surface area contributed by atoms with E-state index in [9.17, 15) is 0 Å². The highest BCUT2D eigenvalue weighted by Crippen LogP contribution is 2.17. The Hall–Kier alpha value is -1.75. The van der Waals surface area contributed by atoms with Gasteiger partial charge < -0.3 is 20.1 Å². The first-order chi connectivity index (χ1) is 11.2. The van der Waals surface area contributed by atoms with Gasteiger partial charge in [0, 0.05) is 25.7 Å². The number of nitrogens with one attached hydrogen (secondary N) is 2. The van der Waals surface area contributed by atoms with Crippen LogP contribution in [0.3, 0.4) is 0 Å². The molecule has 1 aromatic carbocycles. The first kappa shape index (κ1) is 19.3. The second-order valence-electron chi connectivity index (χ2n) is 5.83. The molecule has 0 atom stereocenters. The summed E-state index contributed by atoms with van der Waals surface area (Å²) >= 11 is 0. The molecule has 1 aromatic rings. The lowest BCUT2D eigenvalue weighted by Gasteiger charge is -2.13. The summed E-state index contributed by atoms with van der Waals surface area (Å²) in [7, 11) is 3.46. The zero-order valence-corrected chi connectivity index (χ0v) is 14.9. The third kappa shape index (κ3) is 8.45. The van der Waals surface area contributed by atoms with E-state index in [1.54, 1.807) is 14.2 Å². The maximum absolute atomic E-state index is 5.69. The normalized spacial score (nSPS) is 11.6. The number of methoxy groups -OCH3 is 1. The molecule has 23 heavy (non-hydrogen) atoms. The van der Waals surface area contributed by atoms with Gasteiger partial charge in [0.25, 0.3) is 0 Å². The smallest absolute Gasteiger partial charge is 0.191 e. The molecule has 2 N–H and O–H groups in total. The molecule has 0 spiro atoms. The summed E-state index contributed by atoms with van der Waals surface area (Å²) in [5, 5.41) is 6.57. The molecule has 0 aliphatic carbocycles. The molecule has 0 fully saturated rings. The van der Waals surface area contributed by atoms with Crippen LogP contribution in [0.5, 0.6) is 5.75 Å². The van der Waals surface area contributed by atoms with Crippen LogP contribution in [0.15, 0.2) is 29.3 Å². The number of ether oxygens (including phenoxy) is 2. The molecule has 0 saturated heterocycles. The number of benzene rings is 1. The van der Waals surface area contributed by atoms with Crippen molar-refractivity contribution in [1.29, 1.82) is 0 Å². The van der Waals surface area contributed by atoms with Crippen LogP contribution in [0.2, 0.25) is 0 Å². The Kier molecular flexibility index (Phi) is 9.87. The highest BCUT2D eigenvalue weighted by atomic mass is 16.5. The standard InChI is InChI=1S/C18H31N3O2/c1-15(2)8-7-11-20-18(19-3)21-12-13-23-14-16-9-5-6-10-17(16)22-4/h5-6,9-10,15H,7-8,11-14H2,1-4H3,(H2,19,20,21). The third-order valence-corrected chi connectivity index (χ3v) is 3.46. The van der Waals surface area contributed by atoms with Gasteiger partial charge in [-0.2, -0.15) is 0 Å². The highest BCUT2D eigenvalue weighted by Gasteiger charge is 2.02. The number of nitrogens with zero attached hydrogens (tertiary/aromatic N) is 1. The second-order valence-corrected chi connectivity index (χ2v) is 5.83. The number of hydrogen-bond donors (Lipinski definition) is 2. The van der Waals surface area contributed by atoms with Gasteiger partial charge in [-0.25, -0.2) is 0 Å². The van der Waals surface area contributed by atoms with Gasteiger partial charge in [-0.05, 0) is 24.8 Å². The molecule has 0 aliphatic rings. The van der Waals surface area contributed by atoms with Gasteiger partial charge in [0.1, 0.15) is 5.75 Å². The molecule has 0 heterocycles. The average Bonchev–Trinajstić information content (AvgIpc) is 2.56. The molecular weight excluding hydrogens is 290 g/mol. The van der Waals surface area contributed by atoms with Gasteiger partial charge in [-0.1, -0.05) is 32.0 Å². The number of aliphatic imine (C=N–C) groups is 1. The minimum Gasteiger partial charge on any atom is -0.496 e. The van der Waals surface area contributed by atoms with Crippen LogP contribution in [0.1, 0.15) is 32.3 Å². The lowest BCUT2D eigenvalue weighted by molar-refractivity contribution is 0.123. The van der Waals surface area contributed by atoms with E-state index < -0.39 is 0 Å². The summed E-state index contributed by atoms with van der Waals surface area (Å²) in [6, 6.07) is 7.91. The monoisotopic (exact) mass is 321 g/mol. The second kappa shape index (κ2) is 11.8. The van der Waals surface area contributed by atoms with Gasteiger partial charge in [0.2, 0.25) is 0 Å². The van der Waals surface area contributed by atoms with Crippen molar-refractivity contribution in [3.63, 3.8) is 0 Å². The average molecular weight is 321 g/mol. The van der Waals surface area contributed by atoms with Crippen LogP contribution >= 0.6 is 0 Å². The molecule has 0 amide bonds. The highest BCUT2D eigenvalue weighted by molar-refractivity contribution is 5.79. The van der Waals surface area contributed by atoms with Crippen LogP contribution < -0.4 is 15.4 Å². The lowest BCUT2D eigenvalue weighted by Crippen LogP contribution is -2.39. The minimum absolute atomic E-state index is 0.548. The van der Waals surface area contributed by atoms with Gasteiger partial charge in [0.05, 0.1) is 20.3 Å². The van der Waals surface area contributed by atoms with E-state index in [1.165, 1.54) is 6.42 Å². The number of guanidine groups is 1. The van der Waals surface area contributed by atoms with Crippen LogP contribution in [0, 0.1) is 5.92 Å². The zero-order chi connectivity index (χ0) is 16.9. The number of rotatable bonds is 10. The van der Waals surface area contributed by atoms with Crippen molar-refractivity contribution >= 4 is 5.96 Å². The van der Waals surface area contributed by atoms with Crippen LogP contribution in [-0.2, 0) is 11.3 Å². The van der Waals surface area contributed by atoms with E-state index in [2.05, 4.69) is 29.5 Å². The fourth-order valence-electron chi connectivity index (χ4n) is 2.18. The summed E-state index contributed by atoms with van der Waals surface area (Å²) in [5.41, 5.74) is 1.06. The van der Waals surface area contributed by atoms with Crippen molar-refractivity contribution in [1.82, 2.24) is 10.6 Å². The zero-order valence-electron chi connectivity index (χ0n) is 14.9. The Balaban J connectivity index is 2.15. The van der Waals surface area contributed by atoms with E-state index in [1.807, 2.05) is 24.3 Å². The maximum atomic E-state index is 5.69. The molecule has 5 nitrogen and oxygen atoms in total. The fourth-order valence-corrected chi connectivity index (χ4v) is 2.18. The summed E-state index contributed by atoms with van der Waals surface area (Å²) < 4.78 is 11.0. The summed E-state index contributed by atoms with van der Waals surface area (Å²) in [4.78, 5) is 4.21. The van der Waals surface area contributed by atoms with Crippen LogP contribution in [0.25, 0.3) is 0 Å². The molecule has 0 aromatic heterocycles. The Morgan fingerprint density at radius 1 is 1.17 bits per heavy atom. The van der Waals surface area contributed by atoms with Crippen molar-refractivity contribution in [3.05, 3.63) is 29.8 Å². The van der Waals surface area contributed by atoms with Gasteiger partial charge in [-0.3, -0.25) is 4.99 Å². The largest absolute Gasteiger partial charge is 0.496 e. The predicted octanol–water partition coefficient (Wildman–Crippen LogP) is 2.81. The molecule has 5 heteroatoms. The minimum atomic E-state index is 0.548. The molecule has 0 saturated carbocycles. The van der Waals surface area contributed by atoms with Gasteiger partial charge in [0.15, 0.2) is 5.96 Å².